The monoisotopic (exact) mass is 561 g/mol. The van der Waals surface area contributed by atoms with Crippen LogP contribution in [0.15, 0.2) is 60.8 Å². The zero-order valence-electron chi connectivity index (χ0n) is 20.6. The summed E-state index contributed by atoms with van der Waals surface area (Å²) in [7, 11) is 0. The minimum absolute atomic E-state index is 0.375. The van der Waals surface area contributed by atoms with Gasteiger partial charge in [-0.25, -0.2) is 4.79 Å². The zero-order valence-corrected chi connectivity index (χ0v) is 23.0. The number of carbonyl (C=O) groups excluding carboxylic acids is 1. The average molecular weight is 562 g/mol. The molecule has 0 aliphatic heterocycles. The number of amides is 1. The van der Waals surface area contributed by atoms with E-state index in [0.717, 1.165) is 40.9 Å². The molecule has 1 fully saturated rings. The largest absolute Gasteiger partial charge is 0.481 e. The van der Waals surface area contributed by atoms with E-state index in [4.69, 9.17) is 4.74 Å². The lowest BCUT2D eigenvalue weighted by molar-refractivity contribution is -0.140. The van der Waals surface area contributed by atoms with Crippen LogP contribution in [0.2, 0.25) is 0 Å². The molecule has 10 heteroatoms. The van der Waals surface area contributed by atoms with E-state index in [9.17, 15) is 14.7 Å². The molecule has 0 saturated heterocycles. The van der Waals surface area contributed by atoms with Crippen molar-refractivity contribution in [2.75, 3.05) is 5.32 Å². The standard InChI is InChI=1S/C28H23N3O4S3/c1-15-24(30-27(34)35-16(2)17-6-4-3-5-7-17)25(38-31-15)22-13-21-20(37-22)12-19(36-21)18-8-9-23(29-14-18)28(10-11-28)26(32)33/h3-9,12-14,16H,10-11H2,1-2H3,(H,30,34)(H,32,33)/t16-/m1/s1. The Morgan fingerprint density at radius 1 is 1.05 bits per heavy atom. The fraction of sp³-hybridized carbons (Fsp3) is 0.214. The molecule has 1 aromatic carbocycles. The number of hydrogen-bond acceptors (Lipinski definition) is 8. The fourth-order valence-corrected chi connectivity index (χ4v) is 7.71. The van der Waals surface area contributed by atoms with E-state index in [1.54, 1.807) is 28.9 Å². The van der Waals surface area contributed by atoms with E-state index >= 15 is 0 Å². The molecular weight excluding hydrogens is 539 g/mol. The van der Waals surface area contributed by atoms with E-state index in [-0.39, 0.29) is 6.10 Å². The number of thiophene rings is 2. The average Bonchev–Trinajstić information content (AvgIpc) is 3.34. The number of carbonyl (C=O) groups is 2. The van der Waals surface area contributed by atoms with Crippen LogP contribution < -0.4 is 5.32 Å². The van der Waals surface area contributed by atoms with E-state index in [0.29, 0.717) is 24.2 Å². The van der Waals surface area contributed by atoms with Crippen LogP contribution in [0.4, 0.5) is 10.5 Å². The predicted molar refractivity (Wildman–Crippen MR) is 152 cm³/mol. The molecule has 38 heavy (non-hydrogen) atoms. The quantitative estimate of drug-likeness (QED) is 0.210. The second-order valence-corrected chi connectivity index (χ2v) is 12.3. The van der Waals surface area contributed by atoms with Gasteiger partial charge >= 0.3 is 12.1 Å². The van der Waals surface area contributed by atoms with Crippen molar-refractivity contribution in [2.45, 2.75) is 38.2 Å². The first-order valence-electron chi connectivity index (χ1n) is 12.1. The molecule has 0 unspecified atom stereocenters. The molecule has 0 spiro atoms. The number of carboxylic acids is 1. The number of nitrogens with one attached hydrogen (secondary N) is 1. The van der Waals surface area contributed by atoms with E-state index in [1.807, 2.05) is 56.3 Å². The van der Waals surface area contributed by atoms with Gasteiger partial charge in [-0.2, -0.15) is 4.37 Å². The van der Waals surface area contributed by atoms with E-state index in [1.165, 1.54) is 11.5 Å². The van der Waals surface area contributed by atoms with Crippen molar-refractivity contribution in [3.05, 3.63) is 77.7 Å². The van der Waals surface area contributed by atoms with Crippen LogP contribution in [0.5, 0.6) is 0 Å². The second-order valence-electron chi connectivity index (χ2n) is 9.32. The third kappa shape index (κ3) is 4.48. The van der Waals surface area contributed by atoms with Crippen molar-refractivity contribution in [3.63, 3.8) is 0 Å². The molecule has 6 rings (SSSR count). The molecule has 1 aliphatic carbocycles. The molecule has 0 bridgehead atoms. The summed E-state index contributed by atoms with van der Waals surface area (Å²) >= 11 is 4.66. The van der Waals surface area contributed by atoms with Crippen molar-refractivity contribution in [2.24, 2.45) is 0 Å². The third-order valence-corrected chi connectivity index (χ3v) is 10.2. The van der Waals surface area contributed by atoms with Crippen LogP contribution in [-0.4, -0.2) is 26.5 Å². The molecule has 192 valence electrons. The number of carboxylic acid groups (broad SMARTS) is 1. The minimum atomic E-state index is -0.798. The highest BCUT2D eigenvalue weighted by atomic mass is 32.1. The Bertz CT molecular complexity index is 1620. The van der Waals surface area contributed by atoms with Crippen LogP contribution in [0.3, 0.4) is 0 Å². The van der Waals surface area contributed by atoms with Gasteiger partial charge in [-0.05, 0) is 62.0 Å². The summed E-state index contributed by atoms with van der Waals surface area (Å²) in [4.78, 5) is 31.8. The van der Waals surface area contributed by atoms with Gasteiger partial charge in [0.2, 0.25) is 0 Å². The van der Waals surface area contributed by atoms with Gasteiger partial charge in [-0.1, -0.05) is 36.4 Å². The Morgan fingerprint density at radius 2 is 1.76 bits per heavy atom. The van der Waals surface area contributed by atoms with Crippen molar-refractivity contribution in [3.8, 4) is 20.2 Å². The molecule has 4 aromatic heterocycles. The number of rotatable bonds is 7. The second kappa shape index (κ2) is 9.61. The molecule has 1 saturated carbocycles. The Kier molecular flexibility index (Phi) is 6.25. The molecule has 1 amide bonds. The minimum Gasteiger partial charge on any atom is -0.481 e. The van der Waals surface area contributed by atoms with Gasteiger partial charge in [0.05, 0.1) is 26.8 Å². The summed E-state index contributed by atoms with van der Waals surface area (Å²) in [6.07, 6.45) is 2.16. The number of anilines is 1. The van der Waals surface area contributed by atoms with Gasteiger partial charge in [0.15, 0.2) is 0 Å². The summed E-state index contributed by atoms with van der Waals surface area (Å²) in [5.41, 5.74) is 3.14. The summed E-state index contributed by atoms with van der Waals surface area (Å²) < 4.78 is 12.3. The number of nitrogens with zero attached hydrogens (tertiary/aromatic N) is 2. The first-order chi connectivity index (χ1) is 18.3. The number of aliphatic carboxylic acids is 1. The lowest BCUT2D eigenvalue weighted by atomic mass is 10.0. The SMILES string of the molecule is Cc1nsc(-c2cc3sc(-c4ccc(C5(C(=O)O)CC5)nc4)cc3s2)c1NC(=O)O[C@H](C)c1ccccc1. The van der Waals surface area contributed by atoms with E-state index in [2.05, 4.69) is 26.8 Å². The number of fused-ring (bicyclic) bond motifs is 1. The van der Waals surface area contributed by atoms with Crippen molar-refractivity contribution >= 4 is 61.4 Å². The summed E-state index contributed by atoms with van der Waals surface area (Å²) in [6.45, 7) is 3.72. The molecule has 7 nitrogen and oxygen atoms in total. The van der Waals surface area contributed by atoms with Crippen LogP contribution in [0, 0.1) is 6.92 Å². The zero-order chi connectivity index (χ0) is 26.4. The first kappa shape index (κ1) is 24.7. The van der Waals surface area contributed by atoms with Gasteiger partial charge in [-0.3, -0.25) is 15.1 Å². The van der Waals surface area contributed by atoms with Crippen molar-refractivity contribution in [1.82, 2.24) is 9.36 Å². The maximum atomic E-state index is 12.7. The Labute approximate surface area is 230 Å². The third-order valence-electron chi connectivity index (χ3n) is 6.77. The van der Waals surface area contributed by atoms with Crippen LogP contribution in [0.25, 0.3) is 29.6 Å². The number of benzene rings is 1. The van der Waals surface area contributed by atoms with Gasteiger partial charge < -0.3 is 9.84 Å². The topological polar surface area (TPSA) is 101 Å². The maximum Gasteiger partial charge on any atom is 0.412 e. The normalized spacial score (nSPS) is 14.8. The van der Waals surface area contributed by atoms with Crippen LogP contribution >= 0.6 is 34.2 Å². The molecule has 5 aromatic rings. The fourth-order valence-electron chi connectivity index (χ4n) is 4.39. The van der Waals surface area contributed by atoms with Crippen LogP contribution in [0.1, 0.15) is 42.8 Å². The molecular formula is C28H23N3O4S3. The van der Waals surface area contributed by atoms with Gasteiger partial charge in [0.25, 0.3) is 0 Å². The lowest BCUT2D eigenvalue weighted by Gasteiger charge is -2.14. The lowest BCUT2D eigenvalue weighted by Crippen LogP contribution is -2.20. The summed E-state index contributed by atoms with van der Waals surface area (Å²) in [6, 6.07) is 17.7. The van der Waals surface area contributed by atoms with Gasteiger partial charge in [0.1, 0.15) is 11.5 Å². The number of aryl methyl sites for hydroxylation is 1. The summed E-state index contributed by atoms with van der Waals surface area (Å²) in [5, 5.41) is 12.4. The highest BCUT2D eigenvalue weighted by Crippen LogP contribution is 2.48. The highest BCUT2D eigenvalue weighted by molar-refractivity contribution is 7.32. The molecule has 1 atom stereocenters. The smallest absolute Gasteiger partial charge is 0.412 e. The van der Waals surface area contributed by atoms with Crippen molar-refractivity contribution < 1.29 is 19.4 Å². The summed E-state index contributed by atoms with van der Waals surface area (Å²) in [5.74, 6) is -0.798. The predicted octanol–water partition coefficient (Wildman–Crippen LogP) is 7.88. The Balaban J connectivity index is 1.20. The van der Waals surface area contributed by atoms with Gasteiger partial charge in [0, 0.05) is 26.0 Å². The van der Waals surface area contributed by atoms with E-state index < -0.39 is 17.5 Å². The Hall–Kier alpha value is -3.60. The van der Waals surface area contributed by atoms with Crippen LogP contribution in [-0.2, 0) is 14.9 Å². The highest BCUT2D eigenvalue weighted by Gasteiger charge is 2.53. The molecule has 2 N–H and O–H groups in total. The Morgan fingerprint density at radius 3 is 2.42 bits per heavy atom. The molecule has 0 radical (unpaired) electrons. The molecule has 1 aliphatic rings. The number of hydrogen-bond donors (Lipinski definition) is 2. The number of ether oxygens (including phenoxy) is 1. The maximum absolute atomic E-state index is 12.7. The van der Waals surface area contributed by atoms with Crippen molar-refractivity contribution in [1.29, 1.82) is 0 Å². The van der Waals surface area contributed by atoms with Gasteiger partial charge in [-0.15, -0.1) is 22.7 Å². The number of pyridine rings is 1. The molecule has 4 heterocycles. The first-order valence-corrected chi connectivity index (χ1v) is 14.5. The number of aromatic nitrogens is 2.